The van der Waals surface area contributed by atoms with Gasteiger partial charge in [0.2, 0.25) is 11.8 Å². The Morgan fingerprint density at radius 1 is 0.587 bits per heavy atom. The predicted molar refractivity (Wildman–Crippen MR) is 232 cm³/mol. The maximum atomic E-state index is 13.2. The smallest absolute Gasteiger partial charge is 0.305 e. The lowest BCUT2D eigenvalue weighted by molar-refractivity contribution is -0.145. The summed E-state index contributed by atoms with van der Waals surface area (Å²) in [6, 6.07) is 3.90. The first-order valence-electron chi connectivity index (χ1n) is 22.9. The molecule has 1 atom stereocenters. The minimum absolute atomic E-state index is 0.0635. The molecule has 1 saturated heterocycles. The molecule has 2 heterocycles. The molecule has 0 spiro atoms. The van der Waals surface area contributed by atoms with Crippen molar-refractivity contribution in [3.63, 3.8) is 0 Å². The molecular weight excluding hydrogens is 823 g/mol. The highest BCUT2D eigenvalue weighted by atomic mass is 16.6. The third kappa shape index (κ3) is 23.8. The summed E-state index contributed by atoms with van der Waals surface area (Å²) in [7, 11) is 0. The summed E-state index contributed by atoms with van der Waals surface area (Å²) in [5.74, 6) is -2.32. The van der Waals surface area contributed by atoms with Crippen molar-refractivity contribution in [3.05, 3.63) is 29.3 Å². The number of piperidine rings is 1. The third-order valence-corrected chi connectivity index (χ3v) is 9.98. The predicted octanol–water partition coefficient (Wildman–Crippen LogP) is 4.11. The fraction of sp³-hybridized carbons (Fsp3) is 0.756. The first kappa shape index (κ1) is 53.7. The van der Waals surface area contributed by atoms with Gasteiger partial charge in [-0.2, -0.15) is 0 Å². The lowest BCUT2D eigenvalue weighted by Crippen LogP contribution is -2.54. The first-order chi connectivity index (χ1) is 30.9. The van der Waals surface area contributed by atoms with Gasteiger partial charge in [0.25, 0.3) is 11.8 Å². The van der Waals surface area contributed by atoms with Gasteiger partial charge < -0.3 is 52.7 Å². The Labute approximate surface area is 372 Å². The first-order valence-corrected chi connectivity index (χ1v) is 22.9. The molecule has 63 heavy (non-hydrogen) atoms. The van der Waals surface area contributed by atoms with E-state index in [9.17, 15) is 24.0 Å². The van der Waals surface area contributed by atoms with E-state index in [0.29, 0.717) is 138 Å². The van der Waals surface area contributed by atoms with Crippen LogP contribution in [0.5, 0.6) is 0 Å². The van der Waals surface area contributed by atoms with E-state index in [-0.39, 0.29) is 36.5 Å². The van der Waals surface area contributed by atoms with Crippen LogP contribution in [0.4, 0.5) is 5.69 Å². The molecule has 3 rings (SSSR count). The van der Waals surface area contributed by atoms with Crippen LogP contribution in [0.3, 0.4) is 0 Å². The fourth-order valence-corrected chi connectivity index (χ4v) is 6.65. The van der Waals surface area contributed by atoms with Crippen LogP contribution < -0.4 is 10.6 Å². The van der Waals surface area contributed by atoms with E-state index < -0.39 is 29.7 Å². The molecule has 1 aromatic carbocycles. The average Bonchev–Trinajstić information content (AvgIpc) is 3.53. The standard InChI is InChI=1S/C45H73N3O15/c1-2-3-4-5-6-7-8-9-10-14-41(50)63-36-35-62-34-33-61-32-31-60-30-29-59-28-27-58-26-25-57-24-23-56-22-21-55-20-19-54-18-17-46-38-13-11-12-37-42(38)45(53)48(44(37)52)39-15-16-40(49)47-43(39)51/h11-13,39,46H,2-10,14-36H2,1H3,(H,47,49,51). The topological polar surface area (TPSA) is 205 Å². The monoisotopic (exact) mass is 896 g/mol. The van der Waals surface area contributed by atoms with Crippen LogP contribution in [-0.4, -0.2) is 173 Å². The molecule has 2 N–H and O–H groups in total. The molecule has 0 aliphatic carbocycles. The second-order valence-electron chi connectivity index (χ2n) is 14.9. The van der Waals surface area contributed by atoms with Crippen molar-refractivity contribution in [2.75, 3.05) is 137 Å². The molecule has 1 aromatic rings. The van der Waals surface area contributed by atoms with Gasteiger partial charge in [0.05, 0.1) is 130 Å². The van der Waals surface area contributed by atoms with E-state index in [1.807, 2.05) is 0 Å². The van der Waals surface area contributed by atoms with E-state index >= 15 is 0 Å². The molecule has 0 saturated carbocycles. The Hall–Kier alpha value is -3.59. The molecule has 0 aromatic heterocycles. The van der Waals surface area contributed by atoms with Crippen molar-refractivity contribution in [2.45, 2.75) is 90.0 Å². The van der Waals surface area contributed by atoms with Gasteiger partial charge in [-0.15, -0.1) is 0 Å². The molecule has 2 aliphatic heterocycles. The van der Waals surface area contributed by atoms with E-state index in [1.54, 1.807) is 18.2 Å². The Balaban J connectivity index is 0.971. The minimum atomic E-state index is -1.01. The summed E-state index contributed by atoms with van der Waals surface area (Å²) in [6.45, 7) is 10.7. The summed E-state index contributed by atoms with van der Waals surface area (Å²) >= 11 is 0. The van der Waals surface area contributed by atoms with Crippen molar-refractivity contribution < 1.29 is 71.3 Å². The molecule has 1 unspecified atom stereocenters. The Morgan fingerprint density at radius 3 is 1.51 bits per heavy atom. The molecule has 4 amide bonds. The summed E-state index contributed by atoms with van der Waals surface area (Å²) in [4.78, 5) is 62.7. The van der Waals surface area contributed by atoms with Crippen molar-refractivity contribution in [1.82, 2.24) is 10.2 Å². The van der Waals surface area contributed by atoms with Gasteiger partial charge >= 0.3 is 5.97 Å². The second kappa shape index (κ2) is 35.7. The van der Waals surface area contributed by atoms with Crippen molar-refractivity contribution in [2.24, 2.45) is 0 Å². The highest BCUT2D eigenvalue weighted by Gasteiger charge is 2.45. The summed E-state index contributed by atoms with van der Waals surface area (Å²) in [6.07, 6.45) is 11.6. The number of rotatable bonds is 42. The molecule has 18 heteroatoms. The number of benzene rings is 1. The number of nitrogens with zero attached hydrogens (tertiary/aromatic N) is 1. The zero-order chi connectivity index (χ0) is 45.0. The maximum Gasteiger partial charge on any atom is 0.305 e. The molecular formula is C45H73N3O15. The molecule has 1 fully saturated rings. The number of carbonyl (C=O) groups excluding carboxylic acids is 5. The number of anilines is 1. The third-order valence-electron chi connectivity index (χ3n) is 9.98. The summed E-state index contributed by atoms with van der Waals surface area (Å²) in [5, 5.41) is 5.33. The highest BCUT2D eigenvalue weighted by molar-refractivity contribution is 6.25. The van der Waals surface area contributed by atoms with E-state index in [4.69, 9.17) is 47.4 Å². The van der Waals surface area contributed by atoms with Crippen LogP contribution >= 0.6 is 0 Å². The van der Waals surface area contributed by atoms with Gasteiger partial charge in [0, 0.05) is 25.1 Å². The molecule has 2 aliphatic rings. The lowest BCUT2D eigenvalue weighted by Gasteiger charge is -2.27. The van der Waals surface area contributed by atoms with Crippen molar-refractivity contribution in [3.8, 4) is 0 Å². The molecule has 358 valence electrons. The SMILES string of the molecule is CCCCCCCCCCCC(=O)OCCOCCOCCOCCOCCOCCOCCOCCOCCOCCNc1cccc2c1C(=O)N(C1CCC(=O)NC1=O)C2=O. The summed E-state index contributed by atoms with van der Waals surface area (Å²) < 4.78 is 54.8. The quantitative estimate of drug-likeness (QED) is 0.0538. The van der Waals surface area contributed by atoms with E-state index in [0.717, 1.165) is 17.7 Å². The van der Waals surface area contributed by atoms with Crippen LogP contribution in [0, 0.1) is 0 Å². The van der Waals surface area contributed by atoms with Crippen LogP contribution in [0.25, 0.3) is 0 Å². The van der Waals surface area contributed by atoms with Gasteiger partial charge in [0.1, 0.15) is 12.6 Å². The van der Waals surface area contributed by atoms with Crippen molar-refractivity contribution in [1.29, 1.82) is 0 Å². The molecule has 0 bridgehead atoms. The number of ether oxygens (including phenoxy) is 10. The number of nitrogens with one attached hydrogen (secondary N) is 2. The number of hydrogen-bond acceptors (Lipinski definition) is 16. The number of esters is 1. The van der Waals surface area contributed by atoms with Crippen LogP contribution in [0.15, 0.2) is 18.2 Å². The lowest BCUT2D eigenvalue weighted by atomic mass is 10.0. The number of amides is 4. The number of imide groups is 2. The van der Waals surface area contributed by atoms with Gasteiger partial charge in [-0.05, 0) is 25.0 Å². The second-order valence-corrected chi connectivity index (χ2v) is 14.9. The number of fused-ring (bicyclic) bond motifs is 1. The van der Waals surface area contributed by atoms with E-state index in [1.165, 1.54) is 44.9 Å². The fourth-order valence-electron chi connectivity index (χ4n) is 6.65. The van der Waals surface area contributed by atoms with Gasteiger partial charge in [0.15, 0.2) is 0 Å². The number of carbonyl (C=O) groups is 5. The summed E-state index contributed by atoms with van der Waals surface area (Å²) in [5.41, 5.74) is 0.901. The largest absolute Gasteiger partial charge is 0.463 e. The normalized spacial score (nSPS) is 15.0. The molecule has 18 nitrogen and oxygen atoms in total. The number of hydrogen-bond donors (Lipinski definition) is 2. The zero-order valence-corrected chi connectivity index (χ0v) is 37.5. The highest BCUT2D eigenvalue weighted by Crippen LogP contribution is 2.32. The van der Waals surface area contributed by atoms with Crippen LogP contribution in [0.1, 0.15) is 105 Å². The zero-order valence-electron chi connectivity index (χ0n) is 37.5. The Bertz CT molecular complexity index is 1430. The maximum absolute atomic E-state index is 13.2. The van der Waals surface area contributed by atoms with Crippen molar-refractivity contribution >= 4 is 35.3 Å². The molecule has 0 radical (unpaired) electrons. The van der Waals surface area contributed by atoms with Gasteiger partial charge in [-0.3, -0.25) is 34.2 Å². The Morgan fingerprint density at radius 2 is 1.03 bits per heavy atom. The van der Waals surface area contributed by atoms with E-state index in [2.05, 4.69) is 17.6 Å². The van der Waals surface area contributed by atoms with Gasteiger partial charge in [-0.1, -0.05) is 64.4 Å². The average molecular weight is 896 g/mol. The van der Waals surface area contributed by atoms with Crippen LogP contribution in [-0.2, 0) is 61.8 Å². The van der Waals surface area contributed by atoms with Crippen LogP contribution in [0.2, 0.25) is 0 Å². The number of unbranched alkanes of at least 4 members (excludes halogenated alkanes) is 8. The minimum Gasteiger partial charge on any atom is -0.463 e. The van der Waals surface area contributed by atoms with Gasteiger partial charge in [-0.25, -0.2) is 0 Å². The Kier molecular flexibility index (Phi) is 30.5.